The fourth-order valence-corrected chi connectivity index (χ4v) is 2.17. The highest BCUT2D eigenvalue weighted by Crippen LogP contribution is 2.28. The van der Waals surface area contributed by atoms with Crippen LogP contribution in [0.15, 0.2) is 24.5 Å². The third kappa shape index (κ3) is 1.68. The van der Waals surface area contributed by atoms with Gasteiger partial charge >= 0.3 is 5.97 Å². The number of ether oxygens (including phenoxy) is 1. The summed E-state index contributed by atoms with van der Waals surface area (Å²) in [5, 5.41) is 8.91. The minimum absolute atomic E-state index is 0.0354. The first-order valence-electron chi connectivity index (χ1n) is 5.57. The molecule has 0 spiro atoms. The number of pyridine rings is 1. The SMILES string of the molecule is O=C(O)c1ccn2c(C3CCCO3)ncc2c1. The van der Waals surface area contributed by atoms with Crippen molar-refractivity contribution in [1.29, 1.82) is 0 Å². The molecule has 0 bridgehead atoms. The highest BCUT2D eigenvalue weighted by molar-refractivity contribution is 5.88. The van der Waals surface area contributed by atoms with Gasteiger partial charge in [-0.1, -0.05) is 0 Å². The van der Waals surface area contributed by atoms with E-state index < -0.39 is 5.97 Å². The highest BCUT2D eigenvalue weighted by atomic mass is 16.5. The summed E-state index contributed by atoms with van der Waals surface area (Å²) in [6, 6.07) is 3.20. The fraction of sp³-hybridized carbons (Fsp3) is 0.333. The maximum absolute atomic E-state index is 10.9. The first-order chi connectivity index (χ1) is 8.25. The van der Waals surface area contributed by atoms with E-state index in [9.17, 15) is 4.79 Å². The van der Waals surface area contributed by atoms with Gasteiger partial charge in [-0.25, -0.2) is 9.78 Å². The molecule has 2 aromatic heterocycles. The molecule has 17 heavy (non-hydrogen) atoms. The molecule has 1 aliphatic heterocycles. The third-order valence-corrected chi connectivity index (χ3v) is 3.03. The lowest BCUT2D eigenvalue weighted by molar-refractivity contribution is 0.0697. The molecule has 1 N–H and O–H groups in total. The average molecular weight is 232 g/mol. The summed E-state index contributed by atoms with van der Waals surface area (Å²) < 4.78 is 7.47. The van der Waals surface area contributed by atoms with Crippen LogP contribution in [0.25, 0.3) is 5.52 Å². The summed E-state index contributed by atoms with van der Waals surface area (Å²) >= 11 is 0. The van der Waals surface area contributed by atoms with Crippen LogP contribution in [-0.4, -0.2) is 27.1 Å². The number of carbonyl (C=O) groups is 1. The number of nitrogens with zero attached hydrogens (tertiary/aromatic N) is 2. The van der Waals surface area contributed by atoms with Crippen LogP contribution in [0, 0.1) is 0 Å². The fourth-order valence-electron chi connectivity index (χ4n) is 2.17. The third-order valence-electron chi connectivity index (χ3n) is 3.03. The van der Waals surface area contributed by atoms with Gasteiger partial charge in [-0.05, 0) is 25.0 Å². The largest absolute Gasteiger partial charge is 0.478 e. The van der Waals surface area contributed by atoms with Crippen LogP contribution < -0.4 is 0 Å². The minimum atomic E-state index is -0.924. The molecule has 0 amide bonds. The van der Waals surface area contributed by atoms with Crippen molar-refractivity contribution in [3.63, 3.8) is 0 Å². The van der Waals surface area contributed by atoms with Gasteiger partial charge < -0.3 is 14.2 Å². The summed E-state index contributed by atoms with van der Waals surface area (Å²) in [6.45, 7) is 0.771. The number of aromatic carboxylic acids is 1. The second-order valence-corrected chi connectivity index (χ2v) is 4.13. The Morgan fingerprint density at radius 1 is 1.59 bits per heavy atom. The zero-order chi connectivity index (χ0) is 11.8. The number of carboxylic acids is 1. The average Bonchev–Trinajstić information content (AvgIpc) is 2.96. The second kappa shape index (κ2) is 3.85. The lowest BCUT2D eigenvalue weighted by atomic mass is 10.2. The van der Waals surface area contributed by atoms with Gasteiger partial charge in [0.25, 0.3) is 0 Å². The van der Waals surface area contributed by atoms with Crippen molar-refractivity contribution < 1.29 is 14.6 Å². The Morgan fingerprint density at radius 3 is 3.18 bits per heavy atom. The molecule has 1 saturated heterocycles. The molecular formula is C12H12N2O3. The van der Waals surface area contributed by atoms with Gasteiger partial charge in [0.05, 0.1) is 17.3 Å². The van der Waals surface area contributed by atoms with Crippen molar-refractivity contribution in [3.8, 4) is 0 Å². The maximum atomic E-state index is 10.9. The molecular weight excluding hydrogens is 220 g/mol. The molecule has 5 heteroatoms. The van der Waals surface area contributed by atoms with Gasteiger partial charge in [0.1, 0.15) is 11.9 Å². The first kappa shape index (κ1) is 10.3. The van der Waals surface area contributed by atoms with Crippen molar-refractivity contribution in [2.24, 2.45) is 0 Å². The van der Waals surface area contributed by atoms with Crippen LogP contribution in [0.1, 0.15) is 35.1 Å². The molecule has 1 atom stereocenters. The van der Waals surface area contributed by atoms with Gasteiger partial charge in [-0.3, -0.25) is 0 Å². The van der Waals surface area contributed by atoms with Gasteiger partial charge in [0.2, 0.25) is 0 Å². The quantitative estimate of drug-likeness (QED) is 0.858. The Balaban J connectivity index is 2.07. The topological polar surface area (TPSA) is 63.8 Å². The molecule has 3 heterocycles. The van der Waals surface area contributed by atoms with Crippen LogP contribution in [0.4, 0.5) is 0 Å². The van der Waals surface area contributed by atoms with Gasteiger partial charge in [0, 0.05) is 12.8 Å². The highest BCUT2D eigenvalue weighted by Gasteiger charge is 2.22. The van der Waals surface area contributed by atoms with Crippen molar-refractivity contribution in [2.45, 2.75) is 18.9 Å². The summed E-state index contributed by atoms with van der Waals surface area (Å²) in [5.41, 5.74) is 1.06. The van der Waals surface area contributed by atoms with Crippen molar-refractivity contribution in [1.82, 2.24) is 9.38 Å². The molecule has 5 nitrogen and oxygen atoms in total. The number of imidazole rings is 1. The van der Waals surface area contributed by atoms with Crippen LogP contribution in [0.3, 0.4) is 0 Å². The monoisotopic (exact) mass is 232 g/mol. The van der Waals surface area contributed by atoms with Gasteiger partial charge in [-0.15, -0.1) is 0 Å². The van der Waals surface area contributed by atoms with Crippen molar-refractivity contribution in [2.75, 3.05) is 6.61 Å². The number of fused-ring (bicyclic) bond motifs is 1. The lowest BCUT2D eigenvalue weighted by Gasteiger charge is -2.08. The normalized spacial score (nSPS) is 19.9. The molecule has 0 aliphatic carbocycles. The summed E-state index contributed by atoms with van der Waals surface area (Å²) in [6.07, 6.45) is 5.48. The summed E-state index contributed by atoms with van der Waals surface area (Å²) in [7, 11) is 0. The molecule has 0 radical (unpaired) electrons. The predicted octanol–water partition coefficient (Wildman–Crippen LogP) is 1.88. The van der Waals surface area contributed by atoms with Crippen LogP contribution in [0.5, 0.6) is 0 Å². The van der Waals surface area contributed by atoms with Crippen molar-refractivity contribution in [3.05, 3.63) is 35.9 Å². The molecule has 1 aliphatic rings. The minimum Gasteiger partial charge on any atom is -0.478 e. The first-order valence-corrected chi connectivity index (χ1v) is 5.57. The number of aromatic nitrogens is 2. The number of carboxylic acid groups (broad SMARTS) is 1. The van der Waals surface area contributed by atoms with E-state index in [0.29, 0.717) is 0 Å². The lowest BCUT2D eigenvalue weighted by Crippen LogP contribution is -2.03. The zero-order valence-electron chi connectivity index (χ0n) is 9.17. The Bertz CT molecular complexity index is 570. The van der Waals surface area contributed by atoms with E-state index in [2.05, 4.69) is 4.98 Å². The van der Waals surface area contributed by atoms with Crippen LogP contribution in [0.2, 0.25) is 0 Å². The molecule has 1 fully saturated rings. The predicted molar refractivity (Wildman–Crippen MR) is 60.1 cm³/mol. The molecule has 88 valence electrons. The van der Waals surface area contributed by atoms with E-state index in [1.165, 1.54) is 0 Å². The summed E-state index contributed by atoms with van der Waals surface area (Å²) in [4.78, 5) is 15.2. The molecule has 3 rings (SSSR count). The van der Waals surface area contributed by atoms with E-state index in [4.69, 9.17) is 9.84 Å². The molecule has 1 unspecified atom stereocenters. The number of rotatable bonds is 2. The Kier molecular flexibility index (Phi) is 2.33. The number of hydrogen-bond donors (Lipinski definition) is 1. The van der Waals surface area contributed by atoms with E-state index in [1.54, 1.807) is 24.5 Å². The van der Waals surface area contributed by atoms with E-state index in [0.717, 1.165) is 30.8 Å². The van der Waals surface area contributed by atoms with Crippen molar-refractivity contribution >= 4 is 11.5 Å². The van der Waals surface area contributed by atoms with E-state index >= 15 is 0 Å². The molecule has 0 saturated carbocycles. The Hall–Kier alpha value is -1.88. The Labute approximate surface area is 97.7 Å². The van der Waals surface area contributed by atoms with Gasteiger partial charge in [-0.2, -0.15) is 0 Å². The number of hydrogen-bond acceptors (Lipinski definition) is 3. The van der Waals surface area contributed by atoms with E-state index in [-0.39, 0.29) is 11.7 Å². The van der Waals surface area contributed by atoms with Gasteiger partial charge in [0.15, 0.2) is 0 Å². The Morgan fingerprint density at radius 2 is 2.47 bits per heavy atom. The van der Waals surface area contributed by atoms with E-state index in [1.807, 2.05) is 4.40 Å². The maximum Gasteiger partial charge on any atom is 0.335 e. The zero-order valence-corrected chi connectivity index (χ0v) is 9.17. The van der Waals surface area contributed by atoms with Crippen LogP contribution >= 0.6 is 0 Å². The molecule has 0 aromatic carbocycles. The van der Waals surface area contributed by atoms with Crippen LogP contribution in [-0.2, 0) is 4.74 Å². The smallest absolute Gasteiger partial charge is 0.335 e. The summed E-state index contributed by atoms with van der Waals surface area (Å²) in [5.74, 6) is -0.0678. The standard InChI is InChI=1S/C12H12N2O3/c15-12(16)8-3-4-14-9(6-8)7-13-11(14)10-2-1-5-17-10/h3-4,6-7,10H,1-2,5H2,(H,15,16). The second-order valence-electron chi connectivity index (χ2n) is 4.13. The molecule has 2 aromatic rings.